The predicted octanol–water partition coefficient (Wildman–Crippen LogP) is 1.95. The molecule has 3 rings (SSSR count). The molecule has 138 valence electrons. The third-order valence-electron chi connectivity index (χ3n) is 5.63. The van der Waals surface area contributed by atoms with Crippen molar-refractivity contribution in [2.75, 3.05) is 32.7 Å². The molecule has 1 saturated carbocycles. The molecule has 24 heavy (non-hydrogen) atoms. The van der Waals surface area contributed by atoms with Crippen LogP contribution in [-0.2, 0) is 9.59 Å². The molecule has 3 fully saturated rings. The van der Waals surface area contributed by atoms with E-state index >= 15 is 0 Å². The van der Waals surface area contributed by atoms with Crippen molar-refractivity contribution in [3.8, 4) is 0 Å². The molecule has 1 unspecified atom stereocenters. The Bertz CT molecular complexity index is 422. The Morgan fingerprint density at radius 3 is 2.50 bits per heavy atom. The SMILES string of the molecule is Cl.O=C(NCC1CC1)C1CCCN(C(=O)CCC2CCNCC2)C1. The van der Waals surface area contributed by atoms with Gasteiger partial charge in [-0.05, 0) is 69.9 Å². The Morgan fingerprint density at radius 1 is 1.04 bits per heavy atom. The predicted molar refractivity (Wildman–Crippen MR) is 97.1 cm³/mol. The molecule has 0 bridgehead atoms. The normalized spacial score (nSPS) is 25.0. The Morgan fingerprint density at radius 2 is 1.79 bits per heavy atom. The molecule has 1 aliphatic carbocycles. The lowest BCUT2D eigenvalue weighted by Gasteiger charge is -2.32. The summed E-state index contributed by atoms with van der Waals surface area (Å²) in [6.45, 7) is 4.47. The molecule has 5 nitrogen and oxygen atoms in total. The second kappa shape index (κ2) is 9.62. The molecule has 2 aliphatic heterocycles. The number of piperidine rings is 2. The van der Waals surface area contributed by atoms with Crippen LogP contribution in [0.4, 0.5) is 0 Å². The lowest BCUT2D eigenvalue weighted by molar-refractivity contribution is -0.136. The Balaban J connectivity index is 0.00000208. The highest BCUT2D eigenvalue weighted by Gasteiger charge is 2.30. The minimum atomic E-state index is 0. The number of carbonyl (C=O) groups is 2. The fourth-order valence-corrected chi connectivity index (χ4v) is 3.79. The molecular formula is C18H32ClN3O2. The maximum absolute atomic E-state index is 12.5. The van der Waals surface area contributed by atoms with Gasteiger partial charge in [-0.2, -0.15) is 0 Å². The minimum absolute atomic E-state index is 0. The van der Waals surface area contributed by atoms with Gasteiger partial charge < -0.3 is 15.5 Å². The van der Waals surface area contributed by atoms with Gasteiger partial charge in [0.1, 0.15) is 0 Å². The second-order valence-corrected chi connectivity index (χ2v) is 7.60. The molecule has 1 atom stereocenters. The number of hydrogen-bond donors (Lipinski definition) is 2. The third-order valence-corrected chi connectivity index (χ3v) is 5.63. The molecule has 2 amide bonds. The number of nitrogens with one attached hydrogen (secondary N) is 2. The monoisotopic (exact) mass is 357 g/mol. The van der Waals surface area contributed by atoms with Crippen molar-refractivity contribution in [3.05, 3.63) is 0 Å². The van der Waals surface area contributed by atoms with Crippen LogP contribution in [0.2, 0.25) is 0 Å². The number of halogens is 1. The first-order valence-corrected chi connectivity index (χ1v) is 9.48. The van der Waals surface area contributed by atoms with Crippen LogP contribution < -0.4 is 10.6 Å². The van der Waals surface area contributed by atoms with Crippen LogP contribution in [0.3, 0.4) is 0 Å². The quantitative estimate of drug-likeness (QED) is 0.763. The fraction of sp³-hybridized carbons (Fsp3) is 0.889. The Labute approximate surface area is 151 Å². The standard InChI is InChI=1S/C18H31N3O2.ClH/c22-17(6-5-14-7-9-19-10-8-14)21-11-1-2-16(13-21)18(23)20-12-15-3-4-15;/h14-16,19H,1-13H2,(H,20,23);1H. The smallest absolute Gasteiger partial charge is 0.224 e. The average molecular weight is 358 g/mol. The first-order chi connectivity index (χ1) is 11.2. The van der Waals surface area contributed by atoms with Crippen molar-refractivity contribution in [2.24, 2.45) is 17.8 Å². The van der Waals surface area contributed by atoms with E-state index in [9.17, 15) is 9.59 Å². The van der Waals surface area contributed by atoms with Gasteiger partial charge in [0.2, 0.25) is 11.8 Å². The zero-order valence-electron chi connectivity index (χ0n) is 14.6. The summed E-state index contributed by atoms with van der Waals surface area (Å²) in [5.74, 6) is 1.83. The second-order valence-electron chi connectivity index (χ2n) is 7.60. The van der Waals surface area contributed by atoms with E-state index in [2.05, 4.69) is 10.6 Å². The highest BCUT2D eigenvalue weighted by Crippen LogP contribution is 2.28. The van der Waals surface area contributed by atoms with E-state index < -0.39 is 0 Å². The molecule has 3 aliphatic rings. The summed E-state index contributed by atoms with van der Waals surface area (Å²) >= 11 is 0. The lowest BCUT2D eigenvalue weighted by Crippen LogP contribution is -2.45. The van der Waals surface area contributed by atoms with E-state index in [1.807, 2.05) is 4.90 Å². The first kappa shape index (κ1) is 19.5. The van der Waals surface area contributed by atoms with Crippen molar-refractivity contribution in [3.63, 3.8) is 0 Å². The zero-order valence-corrected chi connectivity index (χ0v) is 15.4. The molecule has 0 radical (unpaired) electrons. The van der Waals surface area contributed by atoms with Gasteiger partial charge in [0, 0.05) is 26.1 Å². The van der Waals surface area contributed by atoms with Gasteiger partial charge in [-0.25, -0.2) is 0 Å². The van der Waals surface area contributed by atoms with Gasteiger partial charge in [-0.15, -0.1) is 12.4 Å². The van der Waals surface area contributed by atoms with E-state index in [0.717, 1.165) is 45.4 Å². The largest absolute Gasteiger partial charge is 0.356 e. The van der Waals surface area contributed by atoms with Crippen molar-refractivity contribution in [1.82, 2.24) is 15.5 Å². The highest BCUT2D eigenvalue weighted by molar-refractivity contribution is 5.85. The molecule has 0 aromatic rings. The van der Waals surface area contributed by atoms with E-state index in [0.29, 0.717) is 24.8 Å². The van der Waals surface area contributed by atoms with E-state index in [1.54, 1.807) is 0 Å². The lowest BCUT2D eigenvalue weighted by atomic mass is 9.92. The zero-order chi connectivity index (χ0) is 16.1. The van der Waals surface area contributed by atoms with E-state index in [4.69, 9.17) is 0 Å². The Hall–Kier alpha value is -0.810. The van der Waals surface area contributed by atoms with Gasteiger partial charge in [0.05, 0.1) is 5.92 Å². The summed E-state index contributed by atoms with van der Waals surface area (Å²) in [5, 5.41) is 6.44. The molecule has 2 N–H and O–H groups in total. The highest BCUT2D eigenvalue weighted by atomic mass is 35.5. The van der Waals surface area contributed by atoms with Gasteiger partial charge in [-0.1, -0.05) is 0 Å². The van der Waals surface area contributed by atoms with Crippen LogP contribution in [0.25, 0.3) is 0 Å². The van der Waals surface area contributed by atoms with E-state index in [-0.39, 0.29) is 30.1 Å². The van der Waals surface area contributed by atoms with Crippen LogP contribution in [0, 0.1) is 17.8 Å². The summed E-state index contributed by atoms with van der Waals surface area (Å²) in [6, 6.07) is 0. The van der Waals surface area contributed by atoms with Gasteiger partial charge in [0.25, 0.3) is 0 Å². The van der Waals surface area contributed by atoms with E-state index in [1.165, 1.54) is 25.7 Å². The molecule has 0 aromatic carbocycles. The summed E-state index contributed by atoms with van der Waals surface area (Å²) in [4.78, 5) is 26.6. The maximum Gasteiger partial charge on any atom is 0.224 e. The first-order valence-electron chi connectivity index (χ1n) is 9.48. The molecule has 0 spiro atoms. The summed E-state index contributed by atoms with van der Waals surface area (Å²) in [7, 11) is 0. The molecular weight excluding hydrogens is 326 g/mol. The van der Waals surface area contributed by atoms with Crippen LogP contribution in [0.5, 0.6) is 0 Å². The number of hydrogen-bond acceptors (Lipinski definition) is 3. The molecule has 6 heteroatoms. The number of amides is 2. The Kier molecular flexibility index (Phi) is 7.82. The number of carbonyl (C=O) groups excluding carboxylic acids is 2. The fourth-order valence-electron chi connectivity index (χ4n) is 3.79. The summed E-state index contributed by atoms with van der Waals surface area (Å²) in [6.07, 6.45) is 8.45. The van der Waals surface area contributed by atoms with Crippen LogP contribution in [0.15, 0.2) is 0 Å². The van der Waals surface area contributed by atoms with Gasteiger partial charge in [-0.3, -0.25) is 9.59 Å². The third kappa shape index (κ3) is 5.92. The van der Waals surface area contributed by atoms with Crippen LogP contribution in [-0.4, -0.2) is 49.4 Å². The molecule has 2 heterocycles. The van der Waals surface area contributed by atoms with Gasteiger partial charge in [0.15, 0.2) is 0 Å². The molecule has 2 saturated heterocycles. The number of likely N-dealkylation sites (tertiary alicyclic amines) is 1. The van der Waals surface area contributed by atoms with Gasteiger partial charge >= 0.3 is 0 Å². The van der Waals surface area contributed by atoms with Crippen molar-refractivity contribution in [1.29, 1.82) is 0 Å². The topological polar surface area (TPSA) is 61.4 Å². The minimum Gasteiger partial charge on any atom is -0.356 e. The molecule has 0 aromatic heterocycles. The van der Waals surface area contributed by atoms with Crippen LogP contribution >= 0.6 is 12.4 Å². The van der Waals surface area contributed by atoms with Crippen molar-refractivity contribution < 1.29 is 9.59 Å². The number of rotatable bonds is 6. The summed E-state index contributed by atoms with van der Waals surface area (Å²) < 4.78 is 0. The number of nitrogens with zero attached hydrogens (tertiary/aromatic N) is 1. The van der Waals surface area contributed by atoms with Crippen LogP contribution in [0.1, 0.15) is 51.4 Å². The van der Waals surface area contributed by atoms with Crippen molar-refractivity contribution >= 4 is 24.2 Å². The average Bonchev–Trinajstić information content (AvgIpc) is 3.43. The maximum atomic E-state index is 12.5. The summed E-state index contributed by atoms with van der Waals surface area (Å²) in [5.41, 5.74) is 0. The van der Waals surface area contributed by atoms with Crippen molar-refractivity contribution in [2.45, 2.75) is 51.4 Å².